The number of rotatable bonds is 2. The van der Waals surface area contributed by atoms with Gasteiger partial charge in [0.05, 0.1) is 21.0 Å². The second kappa shape index (κ2) is 4.36. The van der Waals surface area contributed by atoms with Crippen LogP contribution in [0, 0.1) is 5.92 Å². The maximum atomic E-state index is 10.9. The van der Waals surface area contributed by atoms with Crippen molar-refractivity contribution < 1.29 is 9.90 Å². The van der Waals surface area contributed by atoms with Crippen molar-refractivity contribution in [1.29, 1.82) is 0 Å². The van der Waals surface area contributed by atoms with E-state index in [0.717, 1.165) is 0 Å². The summed E-state index contributed by atoms with van der Waals surface area (Å²) in [7, 11) is 0. The van der Waals surface area contributed by atoms with Crippen molar-refractivity contribution >= 4 is 64.0 Å². The average Bonchev–Trinajstić information content (AvgIpc) is 2.77. The number of hydrogen-bond acceptors (Lipinski definition) is 1. The molecule has 7 heteroatoms. The molecule has 0 heterocycles. The van der Waals surface area contributed by atoms with Gasteiger partial charge in [-0.05, 0) is 17.7 Å². The summed E-state index contributed by atoms with van der Waals surface area (Å²) in [5.41, 5.74) is 0.571. The largest absolute Gasteiger partial charge is 0.481 e. The van der Waals surface area contributed by atoms with Crippen molar-refractivity contribution in [2.75, 3.05) is 0 Å². The van der Waals surface area contributed by atoms with Gasteiger partial charge in [0.2, 0.25) is 0 Å². The SMILES string of the molecule is O=C(O)[C@H]1[C@H](c2cc(Cl)c(Cl)c(Cl)c2)C1(Cl)Cl. The van der Waals surface area contributed by atoms with Gasteiger partial charge >= 0.3 is 5.97 Å². The summed E-state index contributed by atoms with van der Waals surface area (Å²) in [6.07, 6.45) is 0. The van der Waals surface area contributed by atoms with Crippen LogP contribution in [-0.4, -0.2) is 15.4 Å². The molecule has 0 saturated heterocycles. The highest BCUT2D eigenvalue weighted by Crippen LogP contribution is 2.65. The average molecular weight is 334 g/mol. The zero-order valence-electron chi connectivity index (χ0n) is 8.05. The van der Waals surface area contributed by atoms with E-state index in [0.29, 0.717) is 5.56 Å². The fourth-order valence-electron chi connectivity index (χ4n) is 1.80. The molecule has 1 aliphatic carbocycles. The summed E-state index contributed by atoms with van der Waals surface area (Å²) in [5, 5.41) is 9.66. The van der Waals surface area contributed by atoms with Gasteiger partial charge in [-0.15, -0.1) is 0 Å². The van der Waals surface area contributed by atoms with Crippen molar-refractivity contribution in [3.63, 3.8) is 0 Å². The monoisotopic (exact) mass is 332 g/mol. The Morgan fingerprint density at radius 1 is 1.18 bits per heavy atom. The van der Waals surface area contributed by atoms with Gasteiger partial charge in [-0.1, -0.05) is 58.0 Å². The van der Waals surface area contributed by atoms with Crippen LogP contribution in [0.5, 0.6) is 0 Å². The number of hydrogen-bond donors (Lipinski definition) is 1. The Hall–Kier alpha value is 0.140. The van der Waals surface area contributed by atoms with Crippen molar-refractivity contribution in [2.24, 2.45) is 5.92 Å². The summed E-state index contributed by atoms with van der Waals surface area (Å²) in [6.45, 7) is 0. The molecule has 0 amide bonds. The van der Waals surface area contributed by atoms with E-state index in [4.69, 9.17) is 63.1 Å². The van der Waals surface area contributed by atoms with E-state index in [1.807, 2.05) is 0 Å². The number of carboxylic acids is 1. The van der Waals surface area contributed by atoms with E-state index in [2.05, 4.69) is 0 Å². The molecule has 17 heavy (non-hydrogen) atoms. The molecule has 2 rings (SSSR count). The first kappa shape index (κ1) is 13.6. The smallest absolute Gasteiger partial charge is 0.310 e. The lowest BCUT2D eigenvalue weighted by molar-refractivity contribution is -0.138. The van der Waals surface area contributed by atoms with E-state index in [9.17, 15) is 4.79 Å². The number of carbonyl (C=O) groups is 1. The minimum absolute atomic E-state index is 0.222. The van der Waals surface area contributed by atoms with Gasteiger partial charge in [-0.2, -0.15) is 0 Å². The van der Waals surface area contributed by atoms with Crippen molar-refractivity contribution in [3.05, 3.63) is 32.8 Å². The summed E-state index contributed by atoms with van der Waals surface area (Å²) >= 11 is 29.3. The van der Waals surface area contributed by atoms with E-state index in [1.54, 1.807) is 0 Å². The van der Waals surface area contributed by atoms with Crippen LogP contribution < -0.4 is 0 Å². The first-order valence-corrected chi connectivity index (χ1v) is 6.41. The Morgan fingerprint density at radius 3 is 2.00 bits per heavy atom. The molecule has 1 fully saturated rings. The topological polar surface area (TPSA) is 37.3 Å². The second-order valence-electron chi connectivity index (χ2n) is 3.77. The Kier molecular flexibility index (Phi) is 3.48. The molecule has 1 aliphatic rings. The molecule has 2 nitrogen and oxygen atoms in total. The van der Waals surface area contributed by atoms with Crippen molar-refractivity contribution in [1.82, 2.24) is 0 Å². The predicted octanol–water partition coefficient (Wildman–Crippen LogP) is 4.62. The molecule has 0 bridgehead atoms. The Morgan fingerprint density at radius 2 is 1.65 bits per heavy atom. The van der Waals surface area contributed by atoms with Gasteiger partial charge in [0.25, 0.3) is 0 Å². The molecule has 92 valence electrons. The molecule has 1 N–H and O–H groups in total. The molecule has 0 spiro atoms. The van der Waals surface area contributed by atoms with E-state index in [1.165, 1.54) is 12.1 Å². The first-order valence-electron chi connectivity index (χ1n) is 4.52. The number of alkyl halides is 2. The zero-order chi connectivity index (χ0) is 13.0. The maximum Gasteiger partial charge on any atom is 0.310 e. The maximum absolute atomic E-state index is 10.9. The van der Waals surface area contributed by atoms with Gasteiger partial charge in [0, 0.05) is 5.92 Å². The van der Waals surface area contributed by atoms with Crippen LogP contribution in [0.1, 0.15) is 11.5 Å². The third-order valence-electron chi connectivity index (χ3n) is 2.68. The van der Waals surface area contributed by atoms with Gasteiger partial charge in [0.1, 0.15) is 4.33 Å². The Bertz CT molecular complexity index is 476. The van der Waals surface area contributed by atoms with Gasteiger partial charge in [-0.25, -0.2) is 0 Å². The molecule has 1 aromatic rings. The summed E-state index contributed by atoms with van der Waals surface area (Å²) in [5.74, 6) is -2.45. The summed E-state index contributed by atoms with van der Waals surface area (Å²) < 4.78 is -1.33. The van der Waals surface area contributed by atoms with Crippen molar-refractivity contribution in [3.8, 4) is 0 Å². The zero-order valence-corrected chi connectivity index (χ0v) is 11.8. The minimum Gasteiger partial charge on any atom is -0.481 e. The van der Waals surface area contributed by atoms with E-state index < -0.39 is 22.1 Å². The van der Waals surface area contributed by atoms with Crippen LogP contribution in [0.3, 0.4) is 0 Å². The predicted molar refractivity (Wildman–Crippen MR) is 69.8 cm³/mol. The lowest BCUT2D eigenvalue weighted by Crippen LogP contribution is -2.03. The summed E-state index contributed by atoms with van der Waals surface area (Å²) in [6, 6.07) is 3.06. The fourth-order valence-corrected chi connectivity index (χ4v) is 3.23. The lowest BCUT2D eigenvalue weighted by Gasteiger charge is -2.04. The highest BCUT2D eigenvalue weighted by molar-refractivity contribution is 6.53. The van der Waals surface area contributed by atoms with Crippen LogP contribution in [0.15, 0.2) is 12.1 Å². The number of halogens is 5. The summed E-state index contributed by atoms with van der Waals surface area (Å²) in [4.78, 5) is 10.9. The molecular weight excluding hydrogens is 329 g/mol. The van der Waals surface area contributed by atoms with Crippen LogP contribution in [-0.2, 0) is 4.79 Å². The van der Waals surface area contributed by atoms with Gasteiger partial charge in [0.15, 0.2) is 0 Å². The molecular formula is C10H5Cl5O2. The molecule has 1 aromatic carbocycles. The van der Waals surface area contributed by atoms with Crippen LogP contribution in [0.2, 0.25) is 15.1 Å². The van der Waals surface area contributed by atoms with Gasteiger partial charge < -0.3 is 5.11 Å². The van der Waals surface area contributed by atoms with E-state index in [-0.39, 0.29) is 15.1 Å². The molecule has 0 unspecified atom stereocenters. The highest BCUT2D eigenvalue weighted by Gasteiger charge is 2.68. The van der Waals surface area contributed by atoms with Crippen LogP contribution >= 0.6 is 58.0 Å². The highest BCUT2D eigenvalue weighted by atomic mass is 35.5. The molecule has 0 aliphatic heterocycles. The third kappa shape index (κ3) is 2.22. The van der Waals surface area contributed by atoms with Crippen LogP contribution in [0.25, 0.3) is 0 Å². The van der Waals surface area contributed by atoms with E-state index >= 15 is 0 Å². The van der Waals surface area contributed by atoms with Gasteiger partial charge in [-0.3, -0.25) is 4.79 Å². The lowest BCUT2D eigenvalue weighted by atomic mass is 10.1. The molecule has 1 saturated carbocycles. The van der Waals surface area contributed by atoms with Crippen LogP contribution in [0.4, 0.5) is 0 Å². The third-order valence-corrected chi connectivity index (χ3v) is 4.82. The number of benzene rings is 1. The normalized spacial score (nSPS) is 25.7. The first-order chi connectivity index (χ1) is 7.76. The quantitative estimate of drug-likeness (QED) is 0.633. The number of carboxylic acid groups (broad SMARTS) is 1. The van der Waals surface area contributed by atoms with Crippen molar-refractivity contribution in [2.45, 2.75) is 10.3 Å². The minimum atomic E-state index is -1.33. The fraction of sp³-hybridized carbons (Fsp3) is 0.300. The molecule has 0 radical (unpaired) electrons. The Balaban J connectivity index is 2.41. The molecule has 0 aromatic heterocycles. The Labute approximate surface area is 122 Å². The second-order valence-corrected chi connectivity index (χ2v) is 6.40. The number of aliphatic carboxylic acids is 1. The molecule has 2 atom stereocenters. The standard InChI is InChI=1S/C10H5Cl5O2/c11-4-1-3(2-5(12)8(4)13)6-7(9(16)17)10(6,14)15/h1-2,6-7H,(H,16,17)/t6-,7+/m0/s1.